The molecule has 0 aliphatic rings. The van der Waals surface area contributed by atoms with E-state index in [4.69, 9.17) is 0 Å². The molecule has 0 unspecified atom stereocenters. The molecule has 0 aromatic carbocycles. The van der Waals surface area contributed by atoms with E-state index in [2.05, 4.69) is 9.82 Å². The van der Waals surface area contributed by atoms with Gasteiger partial charge in [0, 0.05) is 12.6 Å². The topological polar surface area (TPSA) is 81.1 Å². The van der Waals surface area contributed by atoms with Crippen molar-refractivity contribution in [1.82, 2.24) is 14.5 Å². The monoisotopic (exact) mass is 327 g/mol. The zero-order chi connectivity index (χ0) is 15.3. The maximum Gasteiger partial charge on any atom is 0.266 e. The van der Waals surface area contributed by atoms with E-state index in [0.29, 0.717) is 12.1 Å². The van der Waals surface area contributed by atoms with Crippen LogP contribution in [0, 0.1) is 0 Å². The van der Waals surface area contributed by atoms with Gasteiger partial charge in [0.1, 0.15) is 5.69 Å². The van der Waals surface area contributed by atoms with Crippen molar-refractivity contribution >= 4 is 21.4 Å². The highest BCUT2D eigenvalue weighted by atomic mass is 32.2. The van der Waals surface area contributed by atoms with Crippen molar-refractivity contribution < 1.29 is 8.42 Å². The van der Waals surface area contributed by atoms with Gasteiger partial charge >= 0.3 is 0 Å². The van der Waals surface area contributed by atoms with E-state index in [1.54, 1.807) is 13.0 Å². The molecule has 2 rings (SSSR count). The van der Waals surface area contributed by atoms with E-state index in [0.717, 1.165) is 4.88 Å². The first-order valence-electron chi connectivity index (χ1n) is 6.61. The first kappa shape index (κ1) is 15.9. The quantitative estimate of drug-likeness (QED) is 0.831. The molecule has 0 bridgehead atoms. The molecule has 114 valence electrons. The summed E-state index contributed by atoms with van der Waals surface area (Å²) in [6.07, 6.45) is 0.557. The smallest absolute Gasteiger partial charge is 0.266 e. The third-order valence-electron chi connectivity index (χ3n) is 2.76. The fraction of sp³-hybridized carbons (Fsp3) is 0.385. The largest absolute Gasteiger partial charge is 0.268 e. The van der Waals surface area contributed by atoms with Gasteiger partial charge in [-0.05, 0) is 23.9 Å². The van der Waals surface area contributed by atoms with Crippen LogP contribution in [-0.4, -0.2) is 30.5 Å². The van der Waals surface area contributed by atoms with Crippen LogP contribution in [0.1, 0.15) is 13.3 Å². The zero-order valence-corrected chi connectivity index (χ0v) is 13.3. The van der Waals surface area contributed by atoms with Crippen LogP contribution in [0.5, 0.6) is 0 Å². The molecule has 0 amide bonds. The number of nitrogens with zero attached hydrogens (tertiary/aromatic N) is 2. The highest BCUT2D eigenvalue weighted by Crippen LogP contribution is 2.20. The third-order valence-corrected chi connectivity index (χ3v) is 5.24. The summed E-state index contributed by atoms with van der Waals surface area (Å²) in [7, 11) is -3.26. The number of nitrogens with one attached hydrogen (secondary N) is 1. The van der Waals surface area contributed by atoms with Crippen molar-refractivity contribution in [3.8, 4) is 10.6 Å². The number of aromatic nitrogens is 2. The van der Waals surface area contributed by atoms with Crippen LogP contribution < -0.4 is 10.3 Å². The highest BCUT2D eigenvalue weighted by molar-refractivity contribution is 7.89. The molecule has 0 aliphatic heterocycles. The minimum Gasteiger partial charge on any atom is -0.268 e. The minimum atomic E-state index is -3.26. The Morgan fingerprint density at radius 2 is 2.14 bits per heavy atom. The lowest BCUT2D eigenvalue weighted by Gasteiger charge is -2.08. The van der Waals surface area contributed by atoms with Crippen LogP contribution >= 0.6 is 11.3 Å². The fourth-order valence-electron chi connectivity index (χ4n) is 1.81. The van der Waals surface area contributed by atoms with Crippen LogP contribution in [0.4, 0.5) is 0 Å². The summed E-state index contributed by atoms with van der Waals surface area (Å²) >= 11 is 1.54. The molecule has 0 spiro atoms. The summed E-state index contributed by atoms with van der Waals surface area (Å²) in [5.41, 5.74) is 0.464. The Morgan fingerprint density at radius 1 is 1.33 bits per heavy atom. The average molecular weight is 327 g/mol. The molecular weight excluding hydrogens is 310 g/mol. The molecule has 0 fully saturated rings. The van der Waals surface area contributed by atoms with Gasteiger partial charge in [0.2, 0.25) is 10.0 Å². The first-order valence-corrected chi connectivity index (χ1v) is 9.14. The molecule has 2 heterocycles. The lowest BCUT2D eigenvalue weighted by molar-refractivity contribution is 0.548. The number of hydrogen-bond donors (Lipinski definition) is 1. The van der Waals surface area contributed by atoms with Gasteiger partial charge in [-0.1, -0.05) is 13.0 Å². The Balaban J connectivity index is 2.07. The summed E-state index contributed by atoms with van der Waals surface area (Å²) in [5, 5.41) is 6.20. The van der Waals surface area contributed by atoms with Gasteiger partial charge in [-0.2, -0.15) is 5.10 Å². The summed E-state index contributed by atoms with van der Waals surface area (Å²) < 4.78 is 26.8. The molecule has 0 saturated carbocycles. The lowest BCUT2D eigenvalue weighted by Crippen LogP contribution is -2.33. The molecule has 0 radical (unpaired) electrons. The first-order chi connectivity index (χ1) is 10.0. The lowest BCUT2D eigenvalue weighted by atomic mass is 10.3. The molecule has 6 nitrogen and oxygen atoms in total. The maximum absolute atomic E-state index is 11.7. The second-order valence-electron chi connectivity index (χ2n) is 4.47. The molecule has 8 heteroatoms. The van der Waals surface area contributed by atoms with Crippen molar-refractivity contribution in [2.45, 2.75) is 19.9 Å². The number of hydrogen-bond acceptors (Lipinski definition) is 5. The van der Waals surface area contributed by atoms with Crippen LogP contribution in [0.2, 0.25) is 0 Å². The van der Waals surface area contributed by atoms with Crippen LogP contribution in [0.25, 0.3) is 10.6 Å². The predicted molar refractivity (Wildman–Crippen MR) is 83.9 cm³/mol. The third kappa shape index (κ3) is 4.48. The van der Waals surface area contributed by atoms with Crippen molar-refractivity contribution in [3.05, 3.63) is 40.0 Å². The van der Waals surface area contributed by atoms with E-state index in [9.17, 15) is 13.2 Å². The Labute approximate surface area is 127 Å². The van der Waals surface area contributed by atoms with E-state index >= 15 is 0 Å². The Hall–Kier alpha value is -1.51. The van der Waals surface area contributed by atoms with Crippen molar-refractivity contribution in [2.75, 3.05) is 12.3 Å². The van der Waals surface area contributed by atoms with Crippen LogP contribution in [-0.2, 0) is 16.6 Å². The highest BCUT2D eigenvalue weighted by Gasteiger charge is 2.09. The molecule has 0 saturated heterocycles. The van der Waals surface area contributed by atoms with Crippen LogP contribution in [0.15, 0.2) is 34.4 Å². The Bertz CT molecular complexity index is 736. The standard InChI is InChI=1S/C13H17N3O3S2/c1-2-10-21(18,19)14-7-8-16-13(17)6-5-11(15-16)12-4-3-9-20-12/h3-6,9,14H,2,7-8,10H2,1H3. The molecule has 2 aromatic rings. The minimum absolute atomic E-state index is 0.0879. The number of rotatable bonds is 7. The Kier molecular flexibility index (Phi) is 5.27. The zero-order valence-electron chi connectivity index (χ0n) is 11.7. The van der Waals surface area contributed by atoms with Gasteiger partial charge in [-0.25, -0.2) is 17.8 Å². The average Bonchev–Trinajstić information content (AvgIpc) is 2.94. The molecule has 2 aromatic heterocycles. The maximum atomic E-state index is 11.7. The summed E-state index contributed by atoms with van der Waals surface area (Å²) in [5.74, 6) is 0.0879. The normalized spacial score (nSPS) is 11.7. The second-order valence-corrected chi connectivity index (χ2v) is 7.34. The van der Waals surface area contributed by atoms with Crippen molar-refractivity contribution in [1.29, 1.82) is 0 Å². The number of thiophene rings is 1. The van der Waals surface area contributed by atoms with Gasteiger partial charge in [0.05, 0.1) is 17.2 Å². The van der Waals surface area contributed by atoms with Gasteiger partial charge in [-0.3, -0.25) is 4.79 Å². The SMILES string of the molecule is CCCS(=O)(=O)NCCn1nc(-c2cccs2)ccc1=O. The van der Waals surface area contributed by atoms with E-state index in [-0.39, 0.29) is 24.4 Å². The molecule has 0 aliphatic carbocycles. The van der Waals surface area contributed by atoms with Crippen molar-refractivity contribution in [2.24, 2.45) is 0 Å². The van der Waals surface area contributed by atoms with E-state index in [1.165, 1.54) is 22.1 Å². The molecular formula is C13H17N3O3S2. The van der Waals surface area contributed by atoms with Gasteiger partial charge in [-0.15, -0.1) is 11.3 Å². The van der Waals surface area contributed by atoms with Crippen LogP contribution in [0.3, 0.4) is 0 Å². The molecule has 1 N–H and O–H groups in total. The van der Waals surface area contributed by atoms with Gasteiger partial charge in [0.15, 0.2) is 0 Å². The summed E-state index contributed by atoms with van der Waals surface area (Å²) in [6, 6.07) is 6.95. The molecule has 21 heavy (non-hydrogen) atoms. The van der Waals surface area contributed by atoms with E-state index in [1.807, 2.05) is 17.5 Å². The van der Waals surface area contributed by atoms with Gasteiger partial charge < -0.3 is 0 Å². The van der Waals surface area contributed by atoms with E-state index < -0.39 is 10.0 Å². The van der Waals surface area contributed by atoms with Crippen molar-refractivity contribution in [3.63, 3.8) is 0 Å². The molecule has 0 atom stereocenters. The number of sulfonamides is 1. The predicted octanol–water partition coefficient (Wildman–Crippen LogP) is 1.30. The van der Waals surface area contributed by atoms with Gasteiger partial charge in [0.25, 0.3) is 5.56 Å². The summed E-state index contributed by atoms with van der Waals surface area (Å²) in [4.78, 5) is 12.7. The fourth-order valence-corrected chi connectivity index (χ4v) is 3.59. The Morgan fingerprint density at radius 3 is 2.81 bits per heavy atom. The summed E-state index contributed by atoms with van der Waals surface area (Å²) in [6.45, 7) is 2.17. The second kappa shape index (κ2) is 6.97.